The Morgan fingerprint density at radius 3 is 2.59 bits per heavy atom. The van der Waals surface area contributed by atoms with Crippen LogP contribution in [0.2, 0.25) is 0 Å². The molecule has 0 radical (unpaired) electrons. The van der Waals surface area contributed by atoms with E-state index in [1.54, 1.807) is 4.90 Å². The van der Waals surface area contributed by atoms with Gasteiger partial charge in [0.1, 0.15) is 11.9 Å². The van der Waals surface area contributed by atoms with Crippen molar-refractivity contribution in [3.63, 3.8) is 0 Å². The number of halogens is 1. The lowest BCUT2D eigenvalue weighted by Crippen LogP contribution is -2.47. The fourth-order valence-corrected chi connectivity index (χ4v) is 5.78. The first kappa shape index (κ1) is 23.3. The molecule has 34 heavy (non-hydrogen) atoms. The van der Waals surface area contributed by atoms with Gasteiger partial charge >= 0.3 is 0 Å². The van der Waals surface area contributed by atoms with Crippen molar-refractivity contribution in [2.45, 2.75) is 44.7 Å². The van der Waals surface area contributed by atoms with Gasteiger partial charge in [0.05, 0.1) is 0 Å². The number of unbranched alkanes of at least 4 members (excludes halogenated alkanes) is 2. The fourth-order valence-electron chi connectivity index (χ4n) is 5.37. The van der Waals surface area contributed by atoms with Crippen LogP contribution in [0, 0.1) is 0 Å². The molecule has 2 fully saturated rings. The number of carbonyl (C=O) groups excluding carboxylic acids is 2. The average Bonchev–Trinajstić information content (AvgIpc) is 3.17. The summed E-state index contributed by atoms with van der Waals surface area (Å²) in [6.07, 6.45) is 6.15. The van der Waals surface area contributed by atoms with E-state index in [1.165, 1.54) is 0 Å². The van der Waals surface area contributed by atoms with Crippen LogP contribution in [-0.4, -0.2) is 71.9 Å². The number of amides is 2. The lowest BCUT2D eigenvalue weighted by atomic mass is 10.1. The van der Waals surface area contributed by atoms with Gasteiger partial charge in [0.2, 0.25) is 11.8 Å². The summed E-state index contributed by atoms with van der Waals surface area (Å²) in [7, 11) is 0. The number of benzene rings is 1. The highest BCUT2D eigenvalue weighted by molar-refractivity contribution is 9.10. The number of rotatable bonds is 7. The molecule has 2 saturated heterocycles. The quantitative estimate of drug-likeness (QED) is 0.516. The molecule has 4 heterocycles. The Morgan fingerprint density at radius 2 is 1.79 bits per heavy atom. The third kappa shape index (κ3) is 4.98. The van der Waals surface area contributed by atoms with E-state index in [0.717, 1.165) is 73.5 Å². The first-order valence-corrected chi connectivity index (χ1v) is 13.2. The smallest absolute Gasteiger partial charge is 0.249 e. The average molecular weight is 526 g/mol. The minimum absolute atomic E-state index is 0.0811. The largest absolute Gasteiger partial charge is 0.354 e. The highest BCUT2D eigenvalue weighted by Gasteiger charge is 2.41. The summed E-state index contributed by atoms with van der Waals surface area (Å²) in [6, 6.07) is 11.8. The van der Waals surface area contributed by atoms with Crippen molar-refractivity contribution >= 4 is 39.2 Å². The van der Waals surface area contributed by atoms with Crippen LogP contribution in [-0.2, 0) is 16.1 Å². The van der Waals surface area contributed by atoms with Crippen LogP contribution >= 0.6 is 15.9 Å². The van der Waals surface area contributed by atoms with Crippen LogP contribution in [0.15, 0.2) is 47.1 Å². The van der Waals surface area contributed by atoms with E-state index >= 15 is 0 Å². The maximum atomic E-state index is 13.4. The standard InChI is InChI=1S/C26H32BrN5O2/c27-21-7-8-22-20(18-21)19-32-23(9-10-25(32)33)26(34)31(22)13-5-1-4-12-29-14-16-30(17-15-29)24-6-2-3-11-28-24/h2-3,6-8,11,18,23H,1,4-5,9-10,12-17,19H2/t23-/m0/s1. The van der Waals surface area contributed by atoms with E-state index in [4.69, 9.17) is 0 Å². The molecule has 0 spiro atoms. The van der Waals surface area contributed by atoms with Gasteiger partial charge in [-0.15, -0.1) is 0 Å². The van der Waals surface area contributed by atoms with Gasteiger partial charge in [-0.05, 0) is 61.7 Å². The first-order valence-electron chi connectivity index (χ1n) is 12.4. The van der Waals surface area contributed by atoms with Crippen LogP contribution < -0.4 is 9.80 Å². The molecule has 0 unspecified atom stereocenters. The molecule has 3 aliphatic heterocycles. The summed E-state index contributed by atoms with van der Waals surface area (Å²) in [5, 5.41) is 0. The van der Waals surface area contributed by atoms with Gasteiger partial charge in [-0.3, -0.25) is 14.5 Å². The third-order valence-electron chi connectivity index (χ3n) is 7.25. The van der Waals surface area contributed by atoms with E-state index in [2.05, 4.69) is 36.8 Å². The minimum atomic E-state index is -0.311. The molecule has 1 aromatic carbocycles. The zero-order chi connectivity index (χ0) is 23.5. The van der Waals surface area contributed by atoms with Crippen molar-refractivity contribution in [2.75, 3.05) is 49.1 Å². The van der Waals surface area contributed by atoms with Gasteiger partial charge in [0.15, 0.2) is 0 Å². The summed E-state index contributed by atoms with van der Waals surface area (Å²) >= 11 is 3.55. The van der Waals surface area contributed by atoms with Crippen molar-refractivity contribution in [2.24, 2.45) is 0 Å². The maximum Gasteiger partial charge on any atom is 0.249 e. The Balaban J connectivity index is 1.12. The van der Waals surface area contributed by atoms with Gasteiger partial charge in [-0.25, -0.2) is 4.98 Å². The Morgan fingerprint density at radius 1 is 0.971 bits per heavy atom. The number of hydrogen-bond acceptors (Lipinski definition) is 5. The zero-order valence-corrected chi connectivity index (χ0v) is 21.1. The number of carbonyl (C=O) groups is 2. The summed E-state index contributed by atoms with van der Waals surface area (Å²) < 4.78 is 0.979. The molecular formula is C26H32BrN5O2. The van der Waals surface area contributed by atoms with Crippen LogP contribution in [0.3, 0.4) is 0 Å². The first-order chi connectivity index (χ1) is 16.6. The van der Waals surface area contributed by atoms with Crippen LogP contribution in [0.25, 0.3) is 0 Å². The lowest BCUT2D eigenvalue weighted by molar-refractivity contribution is -0.134. The SMILES string of the molecule is O=C1[C@@H]2CCC(=O)N2Cc2cc(Br)ccc2N1CCCCCN1CCN(c2ccccn2)CC1. The molecule has 1 atom stereocenters. The molecule has 5 rings (SSSR count). The van der Waals surface area contributed by atoms with E-state index in [0.29, 0.717) is 25.9 Å². The molecular weight excluding hydrogens is 494 g/mol. The minimum Gasteiger partial charge on any atom is -0.354 e. The maximum absolute atomic E-state index is 13.4. The molecule has 2 aromatic rings. The van der Waals surface area contributed by atoms with Crippen molar-refractivity contribution in [1.82, 2.24) is 14.8 Å². The zero-order valence-electron chi connectivity index (χ0n) is 19.5. The number of anilines is 2. The summed E-state index contributed by atoms with van der Waals surface area (Å²) in [6.45, 7) is 6.48. The summed E-state index contributed by atoms with van der Waals surface area (Å²) in [5.74, 6) is 1.24. The summed E-state index contributed by atoms with van der Waals surface area (Å²) in [4.78, 5) is 38.8. The molecule has 180 valence electrons. The van der Waals surface area contributed by atoms with E-state index in [9.17, 15) is 9.59 Å². The van der Waals surface area contributed by atoms with Gasteiger partial charge < -0.3 is 14.7 Å². The normalized spacial score (nSPS) is 21.0. The van der Waals surface area contributed by atoms with E-state index in [1.807, 2.05) is 41.4 Å². The van der Waals surface area contributed by atoms with Gasteiger partial charge in [0.25, 0.3) is 0 Å². The van der Waals surface area contributed by atoms with Crippen molar-refractivity contribution in [1.29, 1.82) is 0 Å². The second-order valence-corrected chi connectivity index (χ2v) is 10.3. The Hall–Kier alpha value is -2.45. The van der Waals surface area contributed by atoms with Crippen molar-refractivity contribution in [3.05, 3.63) is 52.6 Å². The van der Waals surface area contributed by atoms with Crippen LogP contribution in [0.4, 0.5) is 11.5 Å². The number of aromatic nitrogens is 1. The molecule has 2 amide bonds. The predicted octanol–water partition coefficient (Wildman–Crippen LogP) is 3.67. The fraction of sp³-hybridized carbons (Fsp3) is 0.500. The Bertz CT molecular complexity index is 1030. The monoisotopic (exact) mass is 525 g/mol. The predicted molar refractivity (Wildman–Crippen MR) is 137 cm³/mol. The second-order valence-electron chi connectivity index (χ2n) is 9.42. The van der Waals surface area contributed by atoms with E-state index < -0.39 is 0 Å². The highest BCUT2D eigenvalue weighted by Crippen LogP contribution is 2.34. The number of hydrogen-bond donors (Lipinski definition) is 0. The van der Waals surface area contributed by atoms with Gasteiger partial charge in [-0.2, -0.15) is 0 Å². The topological polar surface area (TPSA) is 60.0 Å². The Kier molecular flexibility index (Phi) is 7.15. The second kappa shape index (κ2) is 10.4. The molecule has 7 nitrogen and oxygen atoms in total. The lowest BCUT2D eigenvalue weighted by Gasteiger charge is -2.35. The molecule has 0 bridgehead atoms. The number of nitrogens with zero attached hydrogens (tertiary/aromatic N) is 5. The van der Waals surface area contributed by atoms with Gasteiger partial charge in [0, 0.05) is 62.0 Å². The Labute approximate surface area is 209 Å². The molecule has 0 aliphatic carbocycles. The number of pyridine rings is 1. The number of piperazine rings is 1. The third-order valence-corrected chi connectivity index (χ3v) is 7.75. The molecule has 0 saturated carbocycles. The van der Waals surface area contributed by atoms with E-state index in [-0.39, 0.29) is 17.9 Å². The molecule has 3 aliphatic rings. The van der Waals surface area contributed by atoms with Crippen molar-refractivity contribution < 1.29 is 9.59 Å². The highest BCUT2D eigenvalue weighted by atomic mass is 79.9. The number of fused-ring (bicyclic) bond motifs is 2. The summed E-state index contributed by atoms with van der Waals surface area (Å²) in [5.41, 5.74) is 2.01. The van der Waals surface area contributed by atoms with Crippen LogP contribution in [0.5, 0.6) is 0 Å². The molecule has 1 aromatic heterocycles. The van der Waals surface area contributed by atoms with Gasteiger partial charge in [-0.1, -0.05) is 28.4 Å². The molecule has 0 N–H and O–H groups in total. The molecule has 8 heteroatoms. The van der Waals surface area contributed by atoms with Crippen molar-refractivity contribution in [3.8, 4) is 0 Å². The van der Waals surface area contributed by atoms with Crippen LogP contribution in [0.1, 0.15) is 37.7 Å².